The SMILES string of the molecule is Cc1ccc(CC(CNCC(C)C)c2ccccc2)cc1. The molecule has 0 aliphatic carbocycles. The fraction of sp³-hybridized carbons (Fsp3) is 0.400. The summed E-state index contributed by atoms with van der Waals surface area (Å²) in [4.78, 5) is 0. The number of aryl methyl sites for hydroxylation is 1. The average Bonchev–Trinajstić information content (AvgIpc) is 2.49. The third-order valence-corrected chi connectivity index (χ3v) is 3.82. The van der Waals surface area contributed by atoms with Crippen LogP contribution >= 0.6 is 0 Å². The molecule has 0 aliphatic heterocycles. The molecule has 0 aromatic heterocycles. The molecule has 0 fully saturated rings. The second-order valence-electron chi connectivity index (χ2n) is 6.35. The maximum absolute atomic E-state index is 3.62. The molecule has 0 bridgehead atoms. The van der Waals surface area contributed by atoms with Crippen LogP contribution in [0.3, 0.4) is 0 Å². The summed E-state index contributed by atoms with van der Waals surface area (Å²) in [6.07, 6.45) is 1.09. The summed E-state index contributed by atoms with van der Waals surface area (Å²) in [6, 6.07) is 19.8. The molecule has 0 saturated heterocycles. The van der Waals surface area contributed by atoms with Crippen molar-refractivity contribution >= 4 is 0 Å². The first-order valence-corrected chi connectivity index (χ1v) is 7.96. The lowest BCUT2D eigenvalue weighted by atomic mass is 9.91. The minimum atomic E-state index is 0.535. The van der Waals surface area contributed by atoms with Crippen LogP contribution < -0.4 is 5.32 Å². The molecule has 1 heteroatoms. The van der Waals surface area contributed by atoms with E-state index in [4.69, 9.17) is 0 Å². The third-order valence-electron chi connectivity index (χ3n) is 3.82. The molecule has 112 valence electrons. The van der Waals surface area contributed by atoms with Crippen LogP contribution in [0.2, 0.25) is 0 Å². The normalized spacial score (nSPS) is 12.6. The first kappa shape index (κ1) is 15.8. The van der Waals surface area contributed by atoms with Gasteiger partial charge in [0, 0.05) is 12.5 Å². The van der Waals surface area contributed by atoms with Gasteiger partial charge >= 0.3 is 0 Å². The summed E-state index contributed by atoms with van der Waals surface area (Å²) < 4.78 is 0. The summed E-state index contributed by atoms with van der Waals surface area (Å²) in [5.74, 6) is 1.23. The van der Waals surface area contributed by atoms with E-state index in [1.54, 1.807) is 0 Å². The maximum atomic E-state index is 3.62. The number of hydrogen-bond acceptors (Lipinski definition) is 1. The van der Waals surface area contributed by atoms with Gasteiger partial charge in [0.25, 0.3) is 0 Å². The highest BCUT2D eigenvalue weighted by Crippen LogP contribution is 2.20. The lowest BCUT2D eigenvalue weighted by Gasteiger charge is -2.19. The molecule has 0 radical (unpaired) electrons. The van der Waals surface area contributed by atoms with Crippen LogP contribution in [0.1, 0.15) is 36.5 Å². The van der Waals surface area contributed by atoms with Crippen LogP contribution in [-0.2, 0) is 6.42 Å². The van der Waals surface area contributed by atoms with E-state index < -0.39 is 0 Å². The van der Waals surface area contributed by atoms with Gasteiger partial charge < -0.3 is 5.32 Å². The lowest BCUT2D eigenvalue weighted by molar-refractivity contribution is 0.514. The fourth-order valence-electron chi connectivity index (χ4n) is 2.59. The molecule has 1 N–H and O–H groups in total. The Bertz CT molecular complexity index is 513. The summed E-state index contributed by atoms with van der Waals surface area (Å²) in [5.41, 5.74) is 4.17. The van der Waals surface area contributed by atoms with Crippen LogP contribution in [-0.4, -0.2) is 13.1 Å². The predicted octanol–water partition coefficient (Wildman–Crippen LogP) is 4.57. The standard InChI is InChI=1S/C20H27N/c1-16(2)14-21-15-20(19-7-5-4-6-8-19)13-18-11-9-17(3)10-12-18/h4-12,16,20-21H,13-15H2,1-3H3. The molecule has 2 rings (SSSR count). The van der Waals surface area contributed by atoms with Gasteiger partial charge in [-0.1, -0.05) is 74.0 Å². The molecule has 2 aromatic rings. The van der Waals surface area contributed by atoms with E-state index in [9.17, 15) is 0 Å². The van der Waals surface area contributed by atoms with E-state index in [-0.39, 0.29) is 0 Å². The van der Waals surface area contributed by atoms with Gasteiger partial charge in [-0.15, -0.1) is 0 Å². The molecule has 1 nitrogen and oxygen atoms in total. The zero-order valence-corrected chi connectivity index (χ0v) is 13.5. The Morgan fingerprint density at radius 1 is 0.857 bits per heavy atom. The van der Waals surface area contributed by atoms with E-state index in [2.05, 4.69) is 80.7 Å². The zero-order chi connectivity index (χ0) is 15.1. The number of benzene rings is 2. The van der Waals surface area contributed by atoms with Crippen LogP contribution in [0.15, 0.2) is 54.6 Å². The molecule has 0 saturated carbocycles. The highest BCUT2D eigenvalue weighted by Gasteiger charge is 2.12. The van der Waals surface area contributed by atoms with Crippen molar-refractivity contribution in [2.75, 3.05) is 13.1 Å². The van der Waals surface area contributed by atoms with E-state index >= 15 is 0 Å². The summed E-state index contributed by atoms with van der Waals surface area (Å²) in [7, 11) is 0. The van der Waals surface area contributed by atoms with E-state index in [1.165, 1.54) is 16.7 Å². The van der Waals surface area contributed by atoms with Gasteiger partial charge in [-0.3, -0.25) is 0 Å². The van der Waals surface area contributed by atoms with E-state index in [0.717, 1.165) is 19.5 Å². The van der Waals surface area contributed by atoms with Crippen molar-refractivity contribution in [3.63, 3.8) is 0 Å². The van der Waals surface area contributed by atoms with Crippen LogP contribution in [0.5, 0.6) is 0 Å². The van der Waals surface area contributed by atoms with Gasteiger partial charge in [0.2, 0.25) is 0 Å². The van der Waals surface area contributed by atoms with Gasteiger partial charge in [0.1, 0.15) is 0 Å². The topological polar surface area (TPSA) is 12.0 Å². The minimum Gasteiger partial charge on any atom is -0.316 e. The molecule has 2 aromatic carbocycles. The second kappa shape index (κ2) is 7.99. The van der Waals surface area contributed by atoms with Crippen molar-refractivity contribution in [3.05, 3.63) is 71.3 Å². The molecule has 21 heavy (non-hydrogen) atoms. The Morgan fingerprint density at radius 2 is 1.52 bits per heavy atom. The molecule has 0 heterocycles. The molecular formula is C20H27N. The van der Waals surface area contributed by atoms with Gasteiger partial charge in [-0.05, 0) is 36.9 Å². The number of nitrogens with one attached hydrogen (secondary N) is 1. The van der Waals surface area contributed by atoms with Crippen molar-refractivity contribution in [2.24, 2.45) is 5.92 Å². The molecule has 1 unspecified atom stereocenters. The van der Waals surface area contributed by atoms with Crippen molar-refractivity contribution in [2.45, 2.75) is 33.1 Å². The summed E-state index contributed by atoms with van der Waals surface area (Å²) >= 11 is 0. The molecule has 1 atom stereocenters. The first-order chi connectivity index (χ1) is 10.1. The number of hydrogen-bond donors (Lipinski definition) is 1. The predicted molar refractivity (Wildman–Crippen MR) is 91.8 cm³/mol. The Balaban J connectivity index is 2.06. The largest absolute Gasteiger partial charge is 0.316 e. The second-order valence-corrected chi connectivity index (χ2v) is 6.35. The van der Waals surface area contributed by atoms with Crippen molar-refractivity contribution in [3.8, 4) is 0 Å². The van der Waals surface area contributed by atoms with E-state index in [1.807, 2.05) is 0 Å². The summed E-state index contributed by atoms with van der Waals surface area (Å²) in [5, 5.41) is 3.62. The van der Waals surface area contributed by atoms with Crippen molar-refractivity contribution < 1.29 is 0 Å². The van der Waals surface area contributed by atoms with Gasteiger partial charge in [0.05, 0.1) is 0 Å². The Morgan fingerprint density at radius 3 is 2.14 bits per heavy atom. The smallest absolute Gasteiger partial charge is 0.00234 e. The Kier molecular flexibility index (Phi) is 6.01. The highest BCUT2D eigenvalue weighted by atomic mass is 14.9. The fourth-order valence-corrected chi connectivity index (χ4v) is 2.59. The zero-order valence-electron chi connectivity index (χ0n) is 13.5. The Hall–Kier alpha value is -1.60. The lowest BCUT2D eigenvalue weighted by Crippen LogP contribution is -2.26. The third kappa shape index (κ3) is 5.35. The van der Waals surface area contributed by atoms with Gasteiger partial charge in [0.15, 0.2) is 0 Å². The first-order valence-electron chi connectivity index (χ1n) is 7.96. The summed E-state index contributed by atoms with van der Waals surface area (Å²) in [6.45, 7) is 8.77. The molecule has 0 aliphatic rings. The minimum absolute atomic E-state index is 0.535. The maximum Gasteiger partial charge on any atom is 0.00234 e. The van der Waals surface area contributed by atoms with Gasteiger partial charge in [-0.2, -0.15) is 0 Å². The quantitative estimate of drug-likeness (QED) is 0.784. The monoisotopic (exact) mass is 281 g/mol. The Labute approximate surface area is 129 Å². The van der Waals surface area contributed by atoms with Crippen LogP contribution in [0.25, 0.3) is 0 Å². The molecule has 0 amide bonds. The highest BCUT2D eigenvalue weighted by molar-refractivity contribution is 5.26. The average molecular weight is 281 g/mol. The number of rotatable bonds is 7. The van der Waals surface area contributed by atoms with E-state index in [0.29, 0.717) is 11.8 Å². The van der Waals surface area contributed by atoms with Crippen molar-refractivity contribution in [1.29, 1.82) is 0 Å². The molecular weight excluding hydrogens is 254 g/mol. The van der Waals surface area contributed by atoms with Crippen LogP contribution in [0, 0.1) is 12.8 Å². The van der Waals surface area contributed by atoms with Crippen LogP contribution in [0.4, 0.5) is 0 Å². The van der Waals surface area contributed by atoms with Gasteiger partial charge in [-0.25, -0.2) is 0 Å². The van der Waals surface area contributed by atoms with Crippen molar-refractivity contribution in [1.82, 2.24) is 5.32 Å². The molecule has 0 spiro atoms.